The maximum Gasteiger partial charge on any atom is 0.442 e. The number of rotatable bonds is 2. The zero-order chi connectivity index (χ0) is 14.7. The van der Waals surface area contributed by atoms with Gasteiger partial charge in [0, 0.05) is 12.8 Å². The van der Waals surface area contributed by atoms with Gasteiger partial charge in [-0.3, -0.25) is 0 Å². The summed E-state index contributed by atoms with van der Waals surface area (Å²) >= 11 is 0. The fourth-order valence-corrected chi connectivity index (χ4v) is 2.90. The van der Waals surface area contributed by atoms with E-state index in [1.54, 1.807) is 45.0 Å². The molecule has 1 unspecified atom stereocenters. The van der Waals surface area contributed by atoms with Crippen molar-refractivity contribution in [3.05, 3.63) is 29.8 Å². The number of hydrogen-bond acceptors (Lipinski definition) is 4. The summed E-state index contributed by atoms with van der Waals surface area (Å²) in [4.78, 5) is 12.1. The van der Waals surface area contributed by atoms with Crippen LogP contribution in [0.5, 0.6) is 0 Å². The Labute approximate surface area is 114 Å². The van der Waals surface area contributed by atoms with Gasteiger partial charge in [0.1, 0.15) is 5.60 Å². The molecule has 1 aromatic rings. The van der Waals surface area contributed by atoms with E-state index in [1.807, 2.05) is 0 Å². The van der Waals surface area contributed by atoms with Crippen LogP contribution < -0.4 is 5.73 Å². The van der Waals surface area contributed by atoms with Gasteiger partial charge in [-0.2, -0.15) is 0 Å². The fourth-order valence-electron chi connectivity index (χ4n) is 1.51. The lowest BCUT2D eigenvalue weighted by molar-refractivity contribution is 0.0607. The van der Waals surface area contributed by atoms with E-state index in [9.17, 15) is 9.00 Å². The van der Waals surface area contributed by atoms with Crippen LogP contribution in [0.2, 0.25) is 0 Å². The van der Waals surface area contributed by atoms with Gasteiger partial charge < -0.3 is 10.5 Å². The Bertz CT molecular complexity index is 582. The number of carbonyl (C=O) groups is 1. The topological polar surface area (TPSA) is 81.8 Å². The lowest BCUT2D eigenvalue weighted by Crippen LogP contribution is -2.22. The normalized spacial score (nSPS) is 14.6. The Morgan fingerprint density at radius 3 is 2.47 bits per heavy atom. The number of benzene rings is 1. The summed E-state index contributed by atoms with van der Waals surface area (Å²) in [5, 5.41) is 0. The molecule has 1 rings (SSSR count). The minimum Gasteiger partial charge on any atom is -0.442 e. The molecule has 0 aliphatic heterocycles. The highest BCUT2D eigenvalue weighted by Crippen LogP contribution is 2.18. The van der Waals surface area contributed by atoms with E-state index in [2.05, 4.69) is 4.36 Å². The molecule has 1 amide bonds. The van der Waals surface area contributed by atoms with Crippen molar-refractivity contribution in [2.45, 2.75) is 37.8 Å². The molecule has 1 atom stereocenters. The van der Waals surface area contributed by atoms with Crippen molar-refractivity contribution in [1.29, 1.82) is 0 Å². The van der Waals surface area contributed by atoms with Gasteiger partial charge in [0.05, 0.1) is 14.6 Å². The predicted molar refractivity (Wildman–Crippen MR) is 75.3 cm³/mol. The van der Waals surface area contributed by atoms with Crippen LogP contribution in [0, 0.1) is 0 Å². The van der Waals surface area contributed by atoms with Gasteiger partial charge in [-0.15, -0.1) is 4.36 Å². The molecular formula is C13H20N2O3S. The smallest absolute Gasteiger partial charge is 0.442 e. The van der Waals surface area contributed by atoms with Gasteiger partial charge in [-0.25, -0.2) is 9.00 Å². The molecule has 0 aliphatic carbocycles. The van der Waals surface area contributed by atoms with E-state index in [0.717, 1.165) is 0 Å². The summed E-state index contributed by atoms with van der Waals surface area (Å²) in [6.45, 7) is 5.42. The third kappa shape index (κ3) is 4.65. The average Bonchev–Trinajstić information content (AvgIpc) is 2.25. The largest absolute Gasteiger partial charge is 0.442 e. The SMILES string of the molecule is CC(C)(C)OC(=O)N=S(C)(=O)c1ccccc1CN. The maximum atomic E-state index is 12.5. The standard InChI is InChI=1S/C13H20N2O3S/c1-13(2,3)18-12(16)15-19(4,17)11-8-6-5-7-10(11)9-14/h5-8H,9,14H2,1-4H3. The van der Waals surface area contributed by atoms with Crippen LogP contribution >= 0.6 is 0 Å². The number of nitrogens with two attached hydrogens (primary N) is 1. The van der Waals surface area contributed by atoms with E-state index in [0.29, 0.717) is 10.5 Å². The Balaban J connectivity index is 3.16. The molecule has 2 N–H and O–H groups in total. The molecule has 1 aromatic carbocycles. The Morgan fingerprint density at radius 2 is 1.95 bits per heavy atom. The van der Waals surface area contributed by atoms with Gasteiger partial charge in [0.15, 0.2) is 0 Å². The lowest BCUT2D eigenvalue weighted by atomic mass is 10.2. The maximum absolute atomic E-state index is 12.5. The predicted octanol–water partition coefficient (Wildman–Crippen LogP) is 2.54. The summed E-state index contributed by atoms with van der Waals surface area (Å²) in [6, 6.07) is 6.97. The quantitative estimate of drug-likeness (QED) is 0.904. The Kier molecular flexibility index (Phi) is 4.70. The third-order valence-corrected chi connectivity index (χ3v) is 3.95. The van der Waals surface area contributed by atoms with Crippen molar-refractivity contribution < 1.29 is 13.7 Å². The molecule has 0 aromatic heterocycles. The van der Waals surface area contributed by atoms with E-state index in [1.165, 1.54) is 6.26 Å². The van der Waals surface area contributed by atoms with Crippen LogP contribution in [0.3, 0.4) is 0 Å². The number of nitrogens with zero attached hydrogens (tertiary/aromatic N) is 1. The number of amides is 1. The van der Waals surface area contributed by atoms with Crippen molar-refractivity contribution >= 4 is 15.8 Å². The highest BCUT2D eigenvalue weighted by molar-refractivity contribution is 7.93. The first kappa shape index (κ1) is 15.7. The van der Waals surface area contributed by atoms with Gasteiger partial charge in [-0.1, -0.05) is 18.2 Å². The van der Waals surface area contributed by atoms with Crippen LogP contribution in [-0.2, 0) is 21.0 Å². The number of ether oxygens (including phenoxy) is 1. The molecule has 0 aliphatic rings. The molecule has 0 radical (unpaired) electrons. The van der Waals surface area contributed by atoms with E-state index in [4.69, 9.17) is 10.5 Å². The molecule has 0 fully saturated rings. The molecule has 19 heavy (non-hydrogen) atoms. The van der Waals surface area contributed by atoms with Crippen LogP contribution in [0.4, 0.5) is 4.79 Å². The lowest BCUT2D eigenvalue weighted by Gasteiger charge is -2.18. The van der Waals surface area contributed by atoms with Crippen molar-refractivity contribution in [2.75, 3.05) is 6.26 Å². The molecule has 106 valence electrons. The number of carbonyl (C=O) groups excluding carboxylic acids is 1. The summed E-state index contributed by atoms with van der Waals surface area (Å²) in [5.41, 5.74) is 5.64. The molecule has 5 nitrogen and oxygen atoms in total. The summed E-state index contributed by atoms with van der Waals surface area (Å²) in [6.07, 6.45) is 0.581. The second-order valence-electron chi connectivity index (χ2n) is 5.19. The molecule has 6 heteroatoms. The van der Waals surface area contributed by atoms with Gasteiger partial charge in [0.25, 0.3) is 0 Å². The van der Waals surface area contributed by atoms with Crippen molar-refractivity contribution in [1.82, 2.24) is 0 Å². The fraction of sp³-hybridized carbons (Fsp3) is 0.462. The van der Waals surface area contributed by atoms with Crippen LogP contribution in [-0.4, -0.2) is 22.2 Å². The minimum atomic E-state index is -2.85. The van der Waals surface area contributed by atoms with Gasteiger partial charge in [0.2, 0.25) is 0 Å². The third-order valence-electron chi connectivity index (χ3n) is 2.24. The zero-order valence-corrected chi connectivity index (χ0v) is 12.5. The summed E-state index contributed by atoms with van der Waals surface area (Å²) in [7, 11) is -2.85. The highest BCUT2D eigenvalue weighted by atomic mass is 32.2. The second kappa shape index (κ2) is 5.71. The molecule has 0 spiro atoms. The molecule has 0 bridgehead atoms. The molecule has 0 saturated carbocycles. The number of hydrogen-bond donors (Lipinski definition) is 1. The Hall–Kier alpha value is -1.40. The monoisotopic (exact) mass is 284 g/mol. The van der Waals surface area contributed by atoms with Gasteiger partial charge >= 0.3 is 6.09 Å². The average molecular weight is 284 g/mol. The Morgan fingerprint density at radius 1 is 1.37 bits per heavy atom. The first-order chi connectivity index (χ1) is 8.65. The van der Waals surface area contributed by atoms with Crippen LogP contribution in [0.25, 0.3) is 0 Å². The molecule has 0 heterocycles. The summed E-state index contributed by atoms with van der Waals surface area (Å²) in [5.74, 6) is 0. The second-order valence-corrected chi connectivity index (χ2v) is 7.41. The van der Waals surface area contributed by atoms with E-state index in [-0.39, 0.29) is 6.54 Å². The van der Waals surface area contributed by atoms with Crippen molar-refractivity contribution in [3.63, 3.8) is 0 Å². The summed E-state index contributed by atoms with van der Waals surface area (Å²) < 4.78 is 21.3. The first-order valence-corrected chi connectivity index (χ1v) is 7.81. The van der Waals surface area contributed by atoms with Gasteiger partial charge in [-0.05, 0) is 32.4 Å². The van der Waals surface area contributed by atoms with Crippen molar-refractivity contribution in [2.24, 2.45) is 10.1 Å². The van der Waals surface area contributed by atoms with E-state index >= 15 is 0 Å². The van der Waals surface area contributed by atoms with Crippen LogP contribution in [0.15, 0.2) is 33.5 Å². The zero-order valence-electron chi connectivity index (χ0n) is 11.7. The van der Waals surface area contributed by atoms with Crippen molar-refractivity contribution in [3.8, 4) is 0 Å². The first-order valence-electron chi connectivity index (χ1n) is 5.89. The molecular weight excluding hydrogens is 264 g/mol. The van der Waals surface area contributed by atoms with Crippen LogP contribution in [0.1, 0.15) is 26.3 Å². The highest BCUT2D eigenvalue weighted by Gasteiger charge is 2.19. The van der Waals surface area contributed by atoms with E-state index < -0.39 is 21.4 Å². The minimum absolute atomic E-state index is 0.241. The molecule has 0 saturated heterocycles.